The molecule has 0 unspecified atom stereocenters. The average molecular weight is 219 g/mol. The molecule has 0 fully saturated rings. The van der Waals surface area contributed by atoms with Gasteiger partial charge in [0.05, 0.1) is 0 Å². The number of rotatable bonds is 1. The molecule has 0 bridgehead atoms. The number of halogens is 4. The van der Waals surface area contributed by atoms with Gasteiger partial charge in [0, 0.05) is 0 Å². The molecule has 1 aromatic rings. The zero-order chi connectivity index (χ0) is 10.3. The van der Waals surface area contributed by atoms with Crippen LogP contribution in [0.15, 0.2) is 5.16 Å². The number of aromatic amines is 1. The zero-order valence-corrected chi connectivity index (χ0v) is 6.45. The van der Waals surface area contributed by atoms with Gasteiger partial charge < -0.3 is 0 Å². The molecule has 0 amide bonds. The van der Waals surface area contributed by atoms with Crippen molar-refractivity contribution in [2.75, 3.05) is 0 Å². The normalized spacial score (nSPS) is 13.2. The lowest BCUT2D eigenvalue weighted by atomic mass is 10.6. The third-order valence-electron chi connectivity index (χ3n) is 0.949. The fourth-order valence-electron chi connectivity index (χ4n) is 0.483. The van der Waals surface area contributed by atoms with E-state index in [4.69, 9.17) is 0 Å². The Hall–Kier alpha value is -1.19. The van der Waals surface area contributed by atoms with Crippen LogP contribution in [0.2, 0.25) is 0 Å². The Kier molecular flexibility index (Phi) is 2.02. The molecule has 0 aromatic carbocycles. The first-order valence-electron chi connectivity index (χ1n) is 2.65. The standard InChI is InChI=1S/C3HF4N3O2S/c4-3(5,6)1-8-2(10-9-1)13(7,11)12/h(H,8,9,10). The Balaban J connectivity index is 3.16. The van der Waals surface area contributed by atoms with E-state index in [0.717, 1.165) is 0 Å². The summed E-state index contributed by atoms with van der Waals surface area (Å²) in [6.45, 7) is 0. The smallest absolute Gasteiger partial charge is 0.247 e. The molecule has 1 aromatic heterocycles. The van der Waals surface area contributed by atoms with Crippen molar-refractivity contribution < 1.29 is 25.5 Å². The van der Waals surface area contributed by atoms with E-state index in [1.807, 2.05) is 0 Å². The summed E-state index contributed by atoms with van der Waals surface area (Å²) in [6.07, 6.45) is -4.90. The predicted octanol–water partition coefficient (Wildman–Crippen LogP) is 0.482. The van der Waals surface area contributed by atoms with E-state index in [1.54, 1.807) is 0 Å². The van der Waals surface area contributed by atoms with Crippen LogP contribution in [0.4, 0.5) is 17.1 Å². The first-order chi connectivity index (χ1) is 5.71. The van der Waals surface area contributed by atoms with E-state index in [1.165, 1.54) is 5.10 Å². The van der Waals surface area contributed by atoms with Crippen molar-refractivity contribution in [3.8, 4) is 0 Å². The van der Waals surface area contributed by atoms with Gasteiger partial charge in [0.15, 0.2) is 0 Å². The van der Waals surface area contributed by atoms with Gasteiger partial charge >= 0.3 is 16.4 Å². The van der Waals surface area contributed by atoms with E-state index in [9.17, 15) is 25.5 Å². The number of nitrogens with one attached hydrogen (secondary N) is 1. The zero-order valence-electron chi connectivity index (χ0n) is 5.63. The number of H-pyrrole nitrogens is 1. The Morgan fingerprint density at radius 2 is 1.85 bits per heavy atom. The average Bonchev–Trinajstić information content (AvgIpc) is 2.28. The van der Waals surface area contributed by atoms with Crippen molar-refractivity contribution in [2.45, 2.75) is 11.3 Å². The number of aromatic nitrogens is 3. The Morgan fingerprint density at radius 3 is 2.08 bits per heavy atom. The number of nitrogens with zero attached hydrogens (tertiary/aromatic N) is 2. The SMILES string of the molecule is O=S(=O)(F)c1nc(C(F)(F)F)n[nH]1. The maximum Gasteiger partial charge on any atom is 0.453 e. The molecular weight excluding hydrogens is 218 g/mol. The van der Waals surface area contributed by atoms with Gasteiger partial charge in [0.2, 0.25) is 0 Å². The maximum absolute atomic E-state index is 12.0. The number of alkyl halides is 3. The number of hydrogen-bond donors (Lipinski definition) is 1. The molecule has 74 valence electrons. The van der Waals surface area contributed by atoms with Gasteiger partial charge in [-0.15, -0.1) is 5.10 Å². The first kappa shape index (κ1) is 9.89. The summed E-state index contributed by atoms with van der Waals surface area (Å²) in [5, 5.41) is 2.32. The fourth-order valence-corrected chi connectivity index (χ4v) is 0.833. The molecule has 0 radical (unpaired) electrons. The molecule has 0 saturated heterocycles. The van der Waals surface area contributed by atoms with Crippen molar-refractivity contribution in [1.82, 2.24) is 15.2 Å². The highest BCUT2D eigenvalue weighted by molar-refractivity contribution is 7.86. The summed E-state index contributed by atoms with van der Waals surface area (Å²) in [5.74, 6) is -1.73. The summed E-state index contributed by atoms with van der Waals surface area (Å²) >= 11 is 0. The molecule has 1 N–H and O–H groups in total. The van der Waals surface area contributed by atoms with Crippen LogP contribution in [0.3, 0.4) is 0 Å². The molecule has 0 aliphatic rings. The molecule has 0 atom stereocenters. The second kappa shape index (κ2) is 2.65. The molecule has 0 spiro atoms. The van der Waals surface area contributed by atoms with Crippen LogP contribution in [-0.2, 0) is 16.4 Å². The molecule has 1 heterocycles. The van der Waals surface area contributed by atoms with E-state index >= 15 is 0 Å². The summed E-state index contributed by atoms with van der Waals surface area (Å²) in [7, 11) is -5.27. The van der Waals surface area contributed by atoms with Crippen LogP contribution in [-0.4, -0.2) is 23.6 Å². The quantitative estimate of drug-likeness (QED) is 0.550. The third kappa shape index (κ3) is 2.14. The van der Waals surface area contributed by atoms with Gasteiger partial charge in [-0.2, -0.15) is 26.6 Å². The van der Waals surface area contributed by atoms with Gasteiger partial charge in [-0.1, -0.05) is 3.89 Å². The van der Waals surface area contributed by atoms with Crippen molar-refractivity contribution in [3.63, 3.8) is 0 Å². The Bertz CT molecular complexity index is 407. The van der Waals surface area contributed by atoms with Crippen LogP contribution in [0.5, 0.6) is 0 Å². The second-order valence-corrected chi connectivity index (χ2v) is 3.16. The topological polar surface area (TPSA) is 75.7 Å². The van der Waals surface area contributed by atoms with E-state index in [0.29, 0.717) is 0 Å². The van der Waals surface area contributed by atoms with Gasteiger partial charge in [0.1, 0.15) is 0 Å². The lowest BCUT2D eigenvalue weighted by Gasteiger charge is -1.96. The highest BCUT2D eigenvalue weighted by Crippen LogP contribution is 2.26. The van der Waals surface area contributed by atoms with Crippen LogP contribution >= 0.6 is 0 Å². The monoisotopic (exact) mass is 219 g/mol. The predicted molar refractivity (Wildman–Crippen MR) is 29.7 cm³/mol. The van der Waals surface area contributed by atoms with Crippen LogP contribution in [0.25, 0.3) is 0 Å². The van der Waals surface area contributed by atoms with Crippen molar-refractivity contribution in [2.24, 2.45) is 0 Å². The highest BCUT2D eigenvalue weighted by atomic mass is 32.3. The Labute approximate surface area is 69.0 Å². The third-order valence-corrected chi connectivity index (χ3v) is 1.59. The van der Waals surface area contributed by atoms with Gasteiger partial charge in [-0.25, -0.2) is 5.10 Å². The maximum atomic E-state index is 12.0. The van der Waals surface area contributed by atoms with E-state index in [2.05, 4.69) is 10.1 Å². The van der Waals surface area contributed by atoms with Crippen LogP contribution in [0, 0.1) is 0 Å². The minimum absolute atomic E-state index is 1.31. The molecule has 10 heteroatoms. The summed E-state index contributed by atoms with van der Waals surface area (Å²) in [6, 6.07) is 0. The largest absolute Gasteiger partial charge is 0.453 e. The number of hydrogen-bond acceptors (Lipinski definition) is 4. The van der Waals surface area contributed by atoms with Gasteiger partial charge in [-0.3, -0.25) is 0 Å². The first-order valence-corrected chi connectivity index (χ1v) is 4.04. The molecule has 1 rings (SSSR count). The van der Waals surface area contributed by atoms with Gasteiger partial charge in [0.25, 0.3) is 11.0 Å². The molecule has 0 aliphatic heterocycles. The van der Waals surface area contributed by atoms with Crippen molar-refractivity contribution in [1.29, 1.82) is 0 Å². The molecule has 0 aliphatic carbocycles. The van der Waals surface area contributed by atoms with Crippen LogP contribution < -0.4 is 0 Å². The summed E-state index contributed by atoms with van der Waals surface area (Å²) in [5.41, 5.74) is 0. The lowest BCUT2D eigenvalue weighted by molar-refractivity contribution is -0.144. The highest BCUT2D eigenvalue weighted by Gasteiger charge is 2.37. The lowest BCUT2D eigenvalue weighted by Crippen LogP contribution is -2.07. The molecule has 5 nitrogen and oxygen atoms in total. The van der Waals surface area contributed by atoms with Gasteiger partial charge in [-0.05, 0) is 0 Å². The molecular formula is C3HF4N3O2S. The fraction of sp³-hybridized carbons (Fsp3) is 0.333. The minimum Gasteiger partial charge on any atom is -0.247 e. The summed E-state index contributed by atoms with van der Waals surface area (Å²) in [4.78, 5) is 2.40. The minimum atomic E-state index is -5.27. The van der Waals surface area contributed by atoms with Crippen LogP contribution in [0.1, 0.15) is 5.82 Å². The second-order valence-electron chi connectivity index (χ2n) is 1.90. The van der Waals surface area contributed by atoms with Crippen molar-refractivity contribution >= 4 is 10.2 Å². The summed E-state index contributed by atoms with van der Waals surface area (Å²) < 4.78 is 67.2. The Morgan fingerprint density at radius 1 is 1.31 bits per heavy atom. The van der Waals surface area contributed by atoms with E-state index < -0.39 is 27.4 Å². The van der Waals surface area contributed by atoms with Crippen molar-refractivity contribution in [3.05, 3.63) is 5.82 Å². The molecule has 0 saturated carbocycles. The molecule has 13 heavy (non-hydrogen) atoms. The van der Waals surface area contributed by atoms with E-state index in [-0.39, 0.29) is 0 Å².